The van der Waals surface area contributed by atoms with Crippen LogP contribution in [0.4, 0.5) is 0 Å². The molecule has 0 nitrogen and oxygen atoms in total. The Morgan fingerprint density at radius 1 is 0.406 bits per heavy atom. The molecule has 2 heterocycles. The Hall–Kier alpha value is -3.51. The van der Waals surface area contributed by atoms with Crippen molar-refractivity contribution in [2.45, 2.75) is 13.6 Å². The molecule has 32 heavy (non-hydrogen) atoms. The monoisotopic (exact) mass is 406 g/mol. The van der Waals surface area contributed by atoms with E-state index in [0.717, 1.165) is 0 Å². The molecule has 2 aliphatic rings. The summed E-state index contributed by atoms with van der Waals surface area (Å²) < 4.78 is 0. The molecular formula is C30H24B2. The summed E-state index contributed by atoms with van der Waals surface area (Å²) in [5, 5.41) is 0. The lowest BCUT2D eigenvalue weighted by Crippen LogP contribution is -2.41. The van der Waals surface area contributed by atoms with E-state index in [0.29, 0.717) is 13.4 Å². The van der Waals surface area contributed by atoms with Gasteiger partial charge in [0.25, 0.3) is 0 Å². The molecule has 0 spiro atoms. The molecule has 0 atom stereocenters. The lowest BCUT2D eigenvalue weighted by Gasteiger charge is -2.16. The molecule has 4 aromatic rings. The van der Waals surface area contributed by atoms with Crippen LogP contribution < -0.4 is 21.9 Å². The first-order valence-electron chi connectivity index (χ1n) is 11.5. The zero-order valence-electron chi connectivity index (χ0n) is 18.5. The summed E-state index contributed by atoms with van der Waals surface area (Å²) in [6.45, 7) is 5.41. The summed E-state index contributed by atoms with van der Waals surface area (Å²) in [5.41, 5.74) is 13.4. The average Bonchev–Trinajstić information content (AvgIpc) is 3.08. The van der Waals surface area contributed by atoms with Crippen molar-refractivity contribution in [3.05, 3.63) is 107 Å². The molecule has 0 saturated carbocycles. The van der Waals surface area contributed by atoms with E-state index < -0.39 is 0 Å². The predicted molar refractivity (Wildman–Crippen MR) is 144 cm³/mol. The van der Waals surface area contributed by atoms with Crippen LogP contribution in [0.5, 0.6) is 0 Å². The van der Waals surface area contributed by atoms with E-state index in [1.54, 1.807) is 0 Å². The van der Waals surface area contributed by atoms with E-state index in [-0.39, 0.29) is 0 Å². The van der Waals surface area contributed by atoms with E-state index in [9.17, 15) is 0 Å². The maximum atomic E-state index is 2.36. The van der Waals surface area contributed by atoms with Crippen LogP contribution in [-0.2, 0) is 0 Å². The number of fused-ring (bicyclic) bond motifs is 4. The van der Waals surface area contributed by atoms with E-state index in [2.05, 4.69) is 123 Å². The highest BCUT2D eigenvalue weighted by Crippen LogP contribution is 2.24. The molecule has 4 aromatic carbocycles. The third-order valence-corrected chi connectivity index (χ3v) is 7.25. The van der Waals surface area contributed by atoms with Crippen molar-refractivity contribution >= 4 is 59.6 Å². The Kier molecular flexibility index (Phi) is 4.54. The molecule has 0 unspecified atom stereocenters. The van der Waals surface area contributed by atoms with Gasteiger partial charge in [0.15, 0.2) is 0 Å². The van der Waals surface area contributed by atoms with Crippen LogP contribution in [0.3, 0.4) is 0 Å². The Bertz CT molecular complexity index is 1300. The molecule has 0 bridgehead atoms. The van der Waals surface area contributed by atoms with Gasteiger partial charge >= 0.3 is 0 Å². The molecule has 0 aliphatic carbocycles. The lowest BCUT2D eigenvalue weighted by molar-refractivity contribution is 1.62. The van der Waals surface area contributed by atoms with Gasteiger partial charge in [-0.2, -0.15) is 0 Å². The zero-order chi connectivity index (χ0) is 21.7. The molecule has 0 amide bonds. The molecule has 0 radical (unpaired) electrons. The normalized spacial score (nSPS) is 13.6. The lowest BCUT2D eigenvalue weighted by atomic mass is 9.41. The van der Waals surface area contributed by atoms with Crippen LogP contribution in [0, 0.1) is 0 Å². The highest BCUT2D eigenvalue weighted by Gasteiger charge is 2.22. The van der Waals surface area contributed by atoms with Crippen LogP contribution in [0.2, 0.25) is 13.6 Å². The summed E-state index contributed by atoms with van der Waals surface area (Å²) in [5.74, 6) is 0. The van der Waals surface area contributed by atoms with Gasteiger partial charge in [-0.15, -0.1) is 0 Å². The highest BCUT2D eigenvalue weighted by atomic mass is 14.1. The van der Waals surface area contributed by atoms with Crippen molar-refractivity contribution in [3.63, 3.8) is 0 Å². The van der Waals surface area contributed by atoms with Crippen molar-refractivity contribution in [2.75, 3.05) is 0 Å². The zero-order valence-corrected chi connectivity index (χ0v) is 18.5. The molecule has 0 N–H and O–H groups in total. The fraction of sp³-hybridized carbons (Fsp3) is 0.0667. The number of hydrogen-bond donors (Lipinski definition) is 0. The van der Waals surface area contributed by atoms with Gasteiger partial charge < -0.3 is 0 Å². The highest BCUT2D eigenvalue weighted by molar-refractivity contribution is 6.86. The van der Waals surface area contributed by atoms with E-state index in [1.807, 2.05) is 0 Å². The first kappa shape index (κ1) is 19.2. The third kappa shape index (κ3) is 3.10. The molecule has 150 valence electrons. The Morgan fingerprint density at radius 3 is 1.25 bits per heavy atom. The van der Waals surface area contributed by atoms with Crippen LogP contribution in [-0.4, -0.2) is 13.4 Å². The number of benzene rings is 4. The summed E-state index contributed by atoms with van der Waals surface area (Å²) in [7, 11) is 0. The second-order valence-corrected chi connectivity index (χ2v) is 9.06. The molecule has 2 heteroatoms. The molecule has 2 aliphatic heterocycles. The van der Waals surface area contributed by atoms with Gasteiger partial charge in [-0.1, -0.05) is 133 Å². The fourth-order valence-corrected chi connectivity index (χ4v) is 5.39. The summed E-state index contributed by atoms with van der Waals surface area (Å²) in [6.07, 6.45) is 9.09. The SMILES string of the molecule is CB1c2ccccc2C=Cc2cc(-c3ccc4c(c3)C=Cc3ccccc3B4C)ccc21. The van der Waals surface area contributed by atoms with Crippen molar-refractivity contribution in [1.29, 1.82) is 0 Å². The van der Waals surface area contributed by atoms with Crippen LogP contribution in [0.25, 0.3) is 35.4 Å². The van der Waals surface area contributed by atoms with Gasteiger partial charge in [0.05, 0.1) is 0 Å². The second-order valence-electron chi connectivity index (χ2n) is 9.06. The van der Waals surface area contributed by atoms with Crippen LogP contribution in [0.15, 0.2) is 84.9 Å². The summed E-state index contributed by atoms with van der Waals surface area (Å²) in [6, 6.07) is 31.4. The van der Waals surface area contributed by atoms with Gasteiger partial charge in [0.1, 0.15) is 0 Å². The maximum absolute atomic E-state index is 2.36. The first-order valence-corrected chi connectivity index (χ1v) is 11.5. The van der Waals surface area contributed by atoms with Gasteiger partial charge in [-0.3, -0.25) is 0 Å². The largest absolute Gasteiger partial charge is 0.207 e. The average molecular weight is 406 g/mol. The van der Waals surface area contributed by atoms with E-state index in [1.165, 1.54) is 55.2 Å². The molecular weight excluding hydrogens is 382 g/mol. The molecule has 0 saturated heterocycles. The smallest absolute Gasteiger partial charge is 0.0774 e. The summed E-state index contributed by atoms with van der Waals surface area (Å²) >= 11 is 0. The predicted octanol–water partition coefficient (Wildman–Crippen LogP) is 4.80. The van der Waals surface area contributed by atoms with Gasteiger partial charge in [0.2, 0.25) is 13.4 Å². The minimum absolute atomic E-state index is 0.389. The minimum atomic E-state index is 0.389. The molecule has 0 aromatic heterocycles. The van der Waals surface area contributed by atoms with Crippen molar-refractivity contribution < 1.29 is 0 Å². The second kappa shape index (κ2) is 7.57. The Labute approximate surface area is 191 Å². The van der Waals surface area contributed by atoms with Crippen molar-refractivity contribution in [1.82, 2.24) is 0 Å². The van der Waals surface area contributed by atoms with E-state index in [4.69, 9.17) is 0 Å². The number of rotatable bonds is 1. The van der Waals surface area contributed by atoms with Crippen LogP contribution in [0.1, 0.15) is 22.3 Å². The molecule has 0 fully saturated rings. The fourth-order valence-electron chi connectivity index (χ4n) is 5.39. The van der Waals surface area contributed by atoms with Gasteiger partial charge in [-0.25, -0.2) is 0 Å². The summed E-state index contributed by atoms with van der Waals surface area (Å²) in [4.78, 5) is 0. The first-order chi connectivity index (χ1) is 15.7. The minimum Gasteiger partial charge on any atom is -0.0774 e. The standard InChI is InChI=1S/C30H24B2/c1-31-27-9-5-3-7-21(27)11-13-25-19-23(15-17-29(25)31)24-16-18-30-26(20-24)14-12-22-8-4-6-10-28(22)32(30)2/h3-20H,1-2H3. The molecule has 6 rings (SSSR count). The van der Waals surface area contributed by atoms with Crippen molar-refractivity contribution in [3.8, 4) is 11.1 Å². The third-order valence-electron chi connectivity index (χ3n) is 7.25. The van der Waals surface area contributed by atoms with Crippen LogP contribution >= 0.6 is 0 Å². The van der Waals surface area contributed by atoms with Gasteiger partial charge in [0, 0.05) is 0 Å². The quantitative estimate of drug-likeness (QED) is 0.399. The van der Waals surface area contributed by atoms with Gasteiger partial charge in [-0.05, 0) is 45.5 Å². The van der Waals surface area contributed by atoms with E-state index >= 15 is 0 Å². The Morgan fingerprint density at radius 2 is 0.781 bits per heavy atom. The Balaban J connectivity index is 1.42. The maximum Gasteiger partial charge on any atom is 0.207 e. The van der Waals surface area contributed by atoms with Crippen molar-refractivity contribution in [2.24, 2.45) is 0 Å². The number of hydrogen-bond acceptors (Lipinski definition) is 0. The topological polar surface area (TPSA) is 0 Å².